The van der Waals surface area contributed by atoms with Gasteiger partial charge in [0.15, 0.2) is 0 Å². The second kappa shape index (κ2) is 5.76. The van der Waals surface area contributed by atoms with Crippen molar-refractivity contribution < 1.29 is 0 Å². The van der Waals surface area contributed by atoms with Crippen molar-refractivity contribution in [3.8, 4) is 0 Å². The van der Waals surface area contributed by atoms with Gasteiger partial charge in [0.1, 0.15) is 0 Å². The quantitative estimate of drug-likeness (QED) is 0.563. The maximum Gasteiger partial charge on any atom is 0.0264 e. The van der Waals surface area contributed by atoms with E-state index < -0.39 is 0 Å². The normalized spacial score (nSPS) is 26.0. The first-order chi connectivity index (χ1) is 5.77. The summed E-state index contributed by atoms with van der Waals surface area (Å²) in [5.74, 6) is 0. The average Bonchev–Trinajstić information content (AvgIpc) is 2.35. The van der Waals surface area contributed by atoms with Crippen molar-refractivity contribution in [2.24, 2.45) is 10.4 Å². The third-order valence-corrected chi connectivity index (χ3v) is 1.89. The van der Waals surface area contributed by atoms with E-state index >= 15 is 0 Å². The lowest BCUT2D eigenvalue weighted by molar-refractivity contribution is 0.587. The average molecular weight is 165 g/mol. The molecule has 0 aromatic rings. The van der Waals surface area contributed by atoms with Crippen LogP contribution in [0.5, 0.6) is 0 Å². The first-order valence-electron chi connectivity index (χ1n) is 4.65. The van der Waals surface area contributed by atoms with Gasteiger partial charge < -0.3 is 0 Å². The Labute approximate surface area is 75.9 Å². The largest absolute Gasteiger partial charge is 0.268 e. The summed E-state index contributed by atoms with van der Waals surface area (Å²) in [7, 11) is 0. The Balaban J connectivity index is 0.000000561. The Morgan fingerprint density at radius 3 is 2.50 bits per heavy atom. The smallest absolute Gasteiger partial charge is 0.0264 e. The number of hydrogen-bond acceptors (Lipinski definition) is 1. The van der Waals surface area contributed by atoms with Gasteiger partial charge in [-0.05, 0) is 12.5 Å². The van der Waals surface area contributed by atoms with E-state index in [1.807, 2.05) is 32.3 Å². The molecule has 0 amide bonds. The Morgan fingerprint density at radius 1 is 1.25 bits per heavy atom. The molecule has 1 aliphatic rings. The predicted octanol–water partition coefficient (Wildman–Crippen LogP) is 3.58. The fraction of sp³-hybridized carbons (Fsp3) is 0.545. The highest BCUT2D eigenvalue weighted by molar-refractivity contribution is 5.69. The lowest BCUT2D eigenvalue weighted by Gasteiger charge is -2.16. The van der Waals surface area contributed by atoms with Crippen LogP contribution in [-0.2, 0) is 0 Å². The lowest BCUT2D eigenvalue weighted by Crippen LogP contribution is -2.12. The van der Waals surface area contributed by atoms with Crippen molar-refractivity contribution in [3.63, 3.8) is 0 Å². The van der Waals surface area contributed by atoms with Gasteiger partial charge >= 0.3 is 0 Å². The minimum atomic E-state index is 0.170. The molecular formula is C11H19N. The number of allylic oxidation sites excluding steroid dienone is 3. The molecule has 0 aliphatic carbocycles. The molecule has 1 atom stereocenters. The van der Waals surface area contributed by atoms with Crippen molar-refractivity contribution in [1.29, 1.82) is 0 Å². The van der Waals surface area contributed by atoms with E-state index in [9.17, 15) is 0 Å². The Hall–Kier alpha value is -0.850. The van der Waals surface area contributed by atoms with Gasteiger partial charge in [-0.25, -0.2) is 0 Å². The zero-order chi connectivity index (χ0) is 9.45. The standard InChI is InChI=1S/C9H13N.C2H6/c1-3-9(2)6-4-5-7-10-8-9;1-2/h4-8H,3H2,1-2H3;1-2H3. The van der Waals surface area contributed by atoms with Crippen LogP contribution in [0, 0.1) is 5.41 Å². The molecule has 1 heterocycles. The highest BCUT2D eigenvalue weighted by Crippen LogP contribution is 2.21. The minimum absolute atomic E-state index is 0.170. The van der Waals surface area contributed by atoms with Crippen LogP contribution in [0.25, 0.3) is 0 Å². The van der Waals surface area contributed by atoms with Crippen LogP contribution in [0.3, 0.4) is 0 Å². The van der Waals surface area contributed by atoms with Gasteiger partial charge in [-0.3, -0.25) is 4.99 Å². The molecule has 68 valence electrons. The zero-order valence-electron chi connectivity index (χ0n) is 8.54. The molecule has 0 fully saturated rings. The van der Waals surface area contributed by atoms with E-state index in [1.54, 1.807) is 0 Å². The molecule has 1 rings (SSSR count). The van der Waals surface area contributed by atoms with Crippen LogP contribution in [0.4, 0.5) is 0 Å². The molecule has 0 bridgehead atoms. The van der Waals surface area contributed by atoms with E-state index in [2.05, 4.69) is 31.0 Å². The number of rotatable bonds is 1. The molecular weight excluding hydrogens is 146 g/mol. The van der Waals surface area contributed by atoms with Gasteiger partial charge in [-0.2, -0.15) is 0 Å². The zero-order valence-corrected chi connectivity index (χ0v) is 8.54. The summed E-state index contributed by atoms with van der Waals surface area (Å²) in [6.07, 6.45) is 11.1. The van der Waals surface area contributed by atoms with E-state index in [-0.39, 0.29) is 5.41 Å². The van der Waals surface area contributed by atoms with Gasteiger partial charge in [-0.1, -0.05) is 39.8 Å². The Morgan fingerprint density at radius 2 is 1.92 bits per heavy atom. The van der Waals surface area contributed by atoms with Crippen molar-refractivity contribution in [2.75, 3.05) is 0 Å². The summed E-state index contributed by atoms with van der Waals surface area (Å²) in [6.45, 7) is 8.35. The summed E-state index contributed by atoms with van der Waals surface area (Å²) >= 11 is 0. The van der Waals surface area contributed by atoms with Crippen LogP contribution >= 0.6 is 0 Å². The monoisotopic (exact) mass is 165 g/mol. The fourth-order valence-corrected chi connectivity index (χ4v) is 0.840. The molecule has 1 nitrogen and oxygen atoms in total. The molecule has 0 spiro atoms. The van der Waals surface area contributed by atoms with Crippen LogP contribution in [-0.4, -0.2) is 6.21 Å². The second-order valence-corrected chi connectivity index (χ2v) is 2.84. The summed E-state index contributed by atoms with van der Waals surface area (Å²) in [4.78, 5) is 4.13. The Bertz CT molecular complexity index is 171. The van der Waals surface area contributed by atoms with Crippen molar-refractivity contribution in [3.05, 3.63) is 24.4 Å². The van der Waals surface area contributed by atoms with Crippen molar-refractivity contribution in [1.82, 2.24) is 0 Å². The molecule has 0 saturated heterocycles. The maximum absolute atomic E-state index is 4.13. The molecule has 1 aliphatic heterocycles. The van der Waals surface area contributed by atoms with Crippen molar-refractivity contribution >= 4 is 6.21 Å². The number of aliphatic imine (C=N–C) groups is 1. The molecule has 1 heteroatoms. The molecule has 0 aromatic heterocycles. The molecule has 0 N–H and O–H groups in total. The van der Waals surface area contributed by atoms with Crippen LogP contribution in [0.15, 0.2) is 29.4 Å². The lowest BCUT2D eigenvalue weighted by atomic mass is 9.89. The summed E-state index contributed by atoms with van der Waals surface area (Å²) in [6, 6.07) is 0. The maximum atomic E-state index is 4.13. The van der Waals surface area contributed by atoms with Crippen molar-refractivity contribution in [2.45, 2.75) is 34.1 Å². The second-order valence-electron chi connectivity index (χ2n) is 2.84. The SMILES string of the molecule is CC.CCC1(C)C=CC=CN=C1. The molecule has 1 unspecified atom stereocenters. The van der Waals surface area contributed by atoms with Crippen LogP contribution in [0.1, 0.15) is 34.1 Å². The first kappa shape index (κ1) is 11.2. The fourth-order valence-electron chi connectivity index (χ4n) is 0.840. The van der Waals surface area contributed by atoms with E-state index in [4.69, 9.17) is 0 Å². The van der Waals surface area contributed by atoms with E-state index in [1.165, 1.54) is 0 Å². The highest BCUT2D eigenvalue weighted by Gasteiger charge is 2.14. The minimum Gasteiger partial charge on any atom is -0.268 e. The molecule has 0 radical (unpaired) electrons. The van der Waals surface area contributed by atoms with Crippen LogP contribution in [0.2, 0.25) is 0 Å². The molecule has 0 saturated carbocycles. The number of nitrogens with zero attached hydrogens (tertiary/aromatic N) is 1. The topological polar surface area (TPSA) is 12.4 Å². The van der Waals surface area contributed by atoms with E-state index in [0.717, 1.165) is 6.42 Å². The summed E-state index contributed by atoms with van der Waals surface area (Å²) in [5, 5.41) is 0. The third kappa shape index (κ3) is 3.51. The summed E-state index contributed by atoms with van der Waals surface area (Å²) in [5.41, 5.74) is 0.170. The van der Waals surface area contributed by atoms with Gasteiger partial charge in [0, 0.05) is 17.8 Å². The molecule has 12 heavy (non-hydrogen) atoms. The predicted molar refractivity (Wildman–Crippen MR) is 56.5 cm³/mol. The first-order valence-corrected chi connectivity index (χ1v) is 4.65. The third-order valence-electron chi connectivity index (χ3n) is 1.89. The van der Waals surface area contributed by atoms with Gasteiger partial charge in [0.05, 0.1) is 0 Å². The van der Waals surface area contributed by atoms with Crippen LogP contribution < -0.4 is 0 Å². The number of hydrogen-bond donors (Lipinski definition) is 0. The van der Waals surface area contributed by atoms with E-state index in [0.29, 0.717) is 0 Å². The van der Waals surface area contributed by atoms with Gasteiger partial charge in [0.2, 0.25) is 0 Å². The summed E-state index contributed by atoms with van der Waals surface area (Å²) < 4.78 is 0. The Kier molecular flexibility index (Phi) is 5.35. The van der Waals surface area contributed by atoms with Gasteiger partial charge in [0.25, 0.3) is 0 Å². The highest BCUT2D eigenvalue weighted by atomic mass is 14.7. The molecule has 0 aromatic carbocycles. The van der Waals surface area contributed by atoms with Gasteiger partial charge in [-0.15, -0.1) is 0 Å².